The lowest BCUT2D eigenvalue weighted by Gasteiger charge is -2.49. The van der Waals surface area contributed by atoms with Gasteiger partial charge in [0.2, 0.25) is 0 Å². The maximum atomic E-state index is 2.71. The zero-order chi connectivity index (χ0) is 54.1. The van der Waals surface area contributed by atoms with Crippen LogP contribution in [0.3, 0.4) is 0 Å². The molecular weight excluding hydrogens is 943 g/mol. The lowest BCUT2D eigenvalue weighted by Crippen LogP contribution is -2.36. The van der Waals surface area contributed by atoms with Gasteiger partial charge in [0, 0.05) is 34.1 Å². The van der Waals surface area contributed by atoms with E-state index in [1.165, 1.54) is 102 Å². The Balaban J connectivity index is 1.21. The molecule has 13 rings (SSSR count). The van der Waals surface area contributed by atoms with Gasteiger partial charge in [-0.1, -0.05) is 204 Å². The van der Waals surface area contributed by atoms with Crippen molar-refractivity contribution >= 4 is 51.2 Å². The Morgan fingerprint density at radius 2 is 0.872 bits per heavy atom. The first-order chi connectivity index (χ1) is 37.3. The van der Waals surface area contributed by atoms with Gasteiger partial charge in [-0.05, 0) is 181 Å². The fourth-order valence-electron chi connectivity index (χ4n) is 13.9. The van der Waals surface area contributed by atoms with Crippen molar-refractivity contribution in [2.45, 2.75) is 135 Å². The van der Waals surface area contributed by atoms with E-state index in [0.717, 1.165) is 42.0 Å². The molecule has 9 aromatic carbocycles. The number of benzene rings is 9. The Morgan fingerprint density at radius 1 is 0.372 bits per heavy atom. The molecule has 0 amide bonds. The van der Waals surface area contributed by atoms with Gasteiger partial charge in [-0.15, -0.1) is 0 Å². The Bertz CT molecular complexity index is 3740. The van der Waals surface area contributed by atoms with Gasteiger partial charge in [0.25, 0.3) is 0 Å². The summed E-state index contributed by atoms with van der Waals surface area (Å²) in [4.78, 5) is 7.85. The third kappa shape index (κ3) is 8.13. The fourth-order valence-corrected chi connectivity index (χ4v) is 13.9. The number of para-hydroxylation sites is 2. The highest BCUT2D eigenvalue weighted by atomic mass is 15.2. The summed E-state index contributed by atoms with van der Waals surface area (Å²) in [7, 11) is 0. The van der Waals surface area contributed by atoms with E-state index in [4.69, 9.17) is 0 Å². The highest BCUT2D eigenvalue weighted by Gasteiger charge is 2.47. The highest BCUT2D eigenvalue weighted by molar-refractivity contribution is 6.02. The van der Waals surface area contributed by atoms with Crippen molar-refractivity contribution < 1.29 is 0 Å². The first-order valence-corrected chi connectivity index (χ1v) is 28.7. The molecule has 0 spiro atoms. The second kappa shape index (κ2) is 18.0. The molecule has 390 valence electrons. The molecule has 0 bridgehead atoms. The molecule has 78 heavy (non-hydrogen) atoms. The molecule has 1 atom stereocenters. The maximum absolute atomic E-state index is 2.71. The van der Waals surface area contributed by atoms with Crippen molar-refractivity contribution in [3.05, 3.63) is 245 Å². The smallest absolute Gasteiger partial charge is 0.0545 e. The predicted molar refractivity (Wildman–Crippen MR) is 332 cm³/mol. The van der Waals surface area contributed by atoms with Gasteiger partial charge in [-0.3, -0.25) is 0 Å². The first kappa shape index (κ1) is 49.9. The SMILES string of the molecule is CC(C)(C)c1ccc(N2c3cc(-c4ccccc4)ccc3C3c4cc5c(cc4N(c4ccc6c(c4)C(C)(C)CCC6(C)C)c4cc(N(c6ccccc6)c6ccccc6)cc2c43)C(C)(C)CCC5(C)C)c(-c2ccccc2)c1. The van der Waals surface area contributed by atoms with E-state index in [1.54, 1.807) is 0 Å². The van der Waals surface area contributed by atoms with Crippen molar-refractivity contribution in [2.75, 3.05) is 14.7 Å². The highest BCUT2D eigenvalue weighted by Crippen LogP contribution is 2.65. The number of fused-ring (bicyclic) bond motifs is 6. The van der Waals surface area contributed by atoms with Gasteiger partial charge < -0.3 is 14.7 Å². The van der Waals surface area contributed by atoms with E-state index in [-0.39, 0.29) is 33.0 Å². The second-order valence-corrected chi connectivity index (χ2v) is 26.7. The van der Waals surface area contributed by atoms with E-state index in [2.05, 4.69) is 291 Å². The Morgan fingerprint density at radius 3 is 1.45 bits per heavy atom. The minimum atomic E-state index is -0.0681. The Labute approximate surface area is 465 Å². The molecule has 3 nitrogen and oxygen atoms in total. The van der Waals surface area contributed by atoms with E-state index in [0.29, 0.717) is 0 Å². The number of rotatable bonds is 7. The topological polar surface area (TPSA) is 9.72 Å². The number of hydrogen-bond donors (Lipinski definition) is 0. The molecule has 2 aliphatic heterocycles. The number of anilines is 9. The minimum Gasteiger partial charge on any atom is -0.310 e. The average molecular weight is 1020 g/mol. The predicted octanol–water partition coefficient (Wildman–Crippen LogP) is 21.2. The lowest BCUT2D eigenvalue weighted by molar-refractivity contribution is 0.331. The van der Waals surface area contributed by atoms with Gasteiger partial charge in [0.15, 0.2) is 0 Å². The summed E-state index contributed by atoms with van der Waals surface area (Å²) in [6, 6.07) is 76.7. The van der Waals surface area contributed by atoms with E-state index in [1.807, 2.05) is 0 Å². The summed E-state index contributed by atoms with van der Waals surface area (Å²) >= 11 is 0. The summed E-state index contributed by atoms with van der Waals surface area (Å²) in [5, 5.41) is 0. The molecule has 0 fully saturated rings. The molecule has 0 radical (unpaired) electrons. The lowest BCUT2D eigenvalue weighted by atomic mass is 9.61. The summed E-state index contributed by atoms with van der Waals surface area (Å²) in [5.74, 6) is -0.0681. The summed E-state index contributed by atoms with van der Waals surface area (Å²) in [6.07, 6.45) is 4.61. The van der Waals surface area contributed by atoms with Crippen LogP contribution in [0.2, 0.25) is 0 Å². The van der Waals surface area contributed by atoms with Crippen LogP contribution in [0.15, 0.2) is 200 Å². The van der Waals surface area contributed by atoms with Gasteiger partial charge in [-0.25, -0.2) is 0 Å². The first-order valence-electron chi connectivity index (χ1n) is 28.7. The van der Waals surface area contributed by atoms with Gasteiger partial charge >= 0.3 is 0 Å². The Hall–Kier alpha value is -7.62. The summed E-state index contributed by atoms with van der Waals surface area (Å²) in [5.41, 5.74) is 26.7. The van der Waals surface area contributed by atoms with E-state index < -0.39 is 0 Å². The van der Waals surface area contributed by atoms with Crippen molar-refractivity contribution in [3.8, 4) is 22.3 Å². The summed E-state index contributed by atoms with van der Waals surface area (Å²) in [6.45, 7) is 26.8. The monoisotopic (exact) mass is 1020 g/mol. The normalized spacial score (nSPS) is 18.0. The van der Waals surface area contributed by atoms with Crippen LogP contribution in [0.5, 0.6) is 0 Å². The van der Waals surface area contributed by atoms with E-state index >= 15 is 0 Å². The van der Waals surface area contributed by atoms with Crippen molar-refractivity contribution in [1.29, 1.82) is 0 Å². The van der Waals surface area contributed by atoms with Crippen LogP contribution in [0.1, 0.15) is 152 Å². The van der Waals surface area contributed by atoms with Crippen LogP contribution < -0.4 is 14.7 Å². The second-order valence-electron chi connectivity index (χ2n) is 26.7. The largest absolute Gasteiger partial charge is 0.310 e. The molecular formula is C75H75N3. The average Bonchev–Trinajstić information content (AvgIpc) is 3.61. The Kier molecular flexibility index (Phi) is 11.5. The molecule has 2 aliphatic carbocycles. The third-order valence-electron chi connectivity index (χ3n) is 18.7. The van der Waals surface area contributed by atoms with Crippen LogP contribution in [0.4, 0.5) is 51.2 Å². The quantitative estimate of drug-likeness (QED) is 0.158. The van der Waals surface area contributed by atoms with Crippen LogP contribution in [0, 0.1) is 0 Å². The van der Waals surface area contributed by atoms with Gasteiger partial charge in [0.05, 0.1) is 34.1 Å². The van der Waals surface area contributed by atoms with Crippen LogP contribution in [-0.2, 0) is 27.1 Å². The standard InChI is InChI=1S/C75H75N3/c1-71(2,3)52-33-37-64(58(43-52)50-26-18-13-19-27-50)78-65-42-51(49-24-16-12-17-25-49)32-35-57(65)69-59-47-62-63(75(10,11)41-40-74(62,8)9)48-66(59)77(55-34-36-60-61(44-55)73(6,7)39-38-72(60,4)5)67-45-56(46-68(78)70(67)69)76(53-28-20-14-21-29-53)54-30-22-15-23-31-54/h12-37,42-48,69H,38-41H2,1-11H3. The van der Waals surface area contributed by atoms with Crippen LogP contribution in [-0.4, -0.2) is 0 Å². The third-order valence-corrected chi connectivity index (χ3v) is 18.7. The maximum Gasteiger partial charge on any atom is 0.0545 e. The van der Waals surface area contributed by atoms with Crippen molar-refractivity contribution in [1.82, 2.24) is 0 Å². The zero-order valence-electron chi connectivity index (χ0n) is 47.8. The summed E-state index contributed by atoms with van der Waals surface area (Å²) < 4.78 is 0. The van der Waals surface area contributed by atoms with Crippen LogP contribution >= 0.6 is 0 Å². The zero-order valence-corrected chi connectivity index (χ0v) is 47.8. The molecule has 0 aromatic heterocycles. The van der Waals surface area contributed by atoms with Gasteiger partial charge in [-0.2, -0.15) is 0 Å². The molecule has 0 saturated heterocycles. The molecule has 2 heterocycles. The van der Waals surface area contributed by atoms with E-state index in [9.17, 15) is 0 Å². The minimum absolute atomic E-state index is 0.00294. The number of hydrogen-bond acceptors (Lipinski definition) is 3. The molecule has 9 aromatic rings. The van der Waals surface area contributed by atoms with Gasteiger partial charge in [0.1, 0.15) is 0 Å². The molecule has 0 saturated carbocycles. The molecule has 1 unspecified atom stereocenters. The molecule has 3 heteroatoms. The van der Waals surface area contributed by atoms with Crippen LogP contribution in [0.25, 0.3) is 22.3 Å². The molecule has 0 N–H and O–H groups in total. The fraction of sp³-hybridized carbons (Fsp3) is 0.280. The van der Waals surface area contributed by atoms with Crippen molar-refractivity contribution in [2.24, 2.45) is 0 Å². The van der Waals surface area contributed by atoms with Crippen molar-refractivity contribution in [3.63, 3.8) is 0 Å². The number of nitrogens with zero attached hydrogens (tertiary/aromatic N) is 3. The molecule has 4 aliphatic rings.